The molecule has 0 bridgehead atoms. The Labute approximate surface area is 301 Å². The van der Waals surface area contributed by atoms with Crippen LogP contribution in [0.1, 0.15) is 104 Å². The van der Waals surface area contributed by atoms with Gasteiger partial charge in [-0.3, -0.25) is 4.79 Å². The van der Waals surface area contributed by atoms with E-state index in [-0.39, 0.29) is 62.2 Å². The Morgan fingerprint density at radius 2 is 1.20 bits per heavy atom. The molecule has 0 radical (unpaired) electrons. The van der Waals surface area contributed by atoms with Crippen molar-refractivity contribution in [2.24, 2.45) is 0 Å². The number of piperidine rings is 1. The molecule has 0 aromatic rings. The number of esters is 2. The summed E-state index contributed by atoms with van der Waals surface area (Å²) in [6.45, 7) is 12.1. The van der Waals surface area contributed by atoms with Crippen LogP contribution < -0.4 is 21.4 Å². The quantitative estimate of drug-likeness (QED) is 0.0243. The van der Waals surface area contributed by atoms with E-state index in [1.807, 2.05) is 4.90 Å². The van der Waals surface area contributed by atoms with Crippen LogP contribution in [-0.2, 0) is 38.2 Å². The lowest BCUT2D eigenvalue weighted by Crippen LogP contribution is -2.49. The van der Waals surface area contributed by atoms with E-state index in [1.54, 1.807) is 0 Å². The second kappa shape index (κ2) is 28.4. The number of unbranched alkanes of at least 4 members (excludes halogenated alkanes) is 7. The number of nitrogens with one attached hydrogen (secondary N) is 4. The smallest absolute Gasteiger partial charge is 0.407 e. The van der Waals surface area contributed by atoms with Crippen molar-refractivity contribution in [2.45, 2.75) is 110 Å². The minimum absolute atomic E-state index is 0.0182. The lowest BCUT2D eigenvalue weighted by atomic mass is 10.00. The van der Waals surface area contributed by atoms with E-state index in [2.05, 4.69) is 39.4 Å². The average molecular weight is 726 g/mol. The van der Waals surface area contributed by atoms with Crippen molar-refractivity contribution in [1.82, 2.24) is 26.3 Å². The maximum atomic E-state index is 12.9. The summed E-state index contributed by atoms with van der Waals surface area (Å²) in [6.07, 6.45) is 10.1. The largest absolute Gasteiger partial charge is 0.459 e. The third-order valence-corrected chi connectivity index (χ3v) is 7.75. The molecule has 0 aliphatic carbocycles. The summed E-state index contributed by atoms with van der Waals surface area (Å²) in [5.41, 5.74) is 2.78. The van der Waals surface area contributed by atoms with Gasteiger partial charge in [0.1, 0.15) is 13.2 Å². The number of hydroxylamine groups is 1. The van der Waals surface area contributed by atoms with E-state index in [9.17, 15) is 28.8 Å². The number of urea groups is 1. The molecule has 1 heterocycles. The number of likely N-dealkylation sites (tertiary alicyclic amines) is 1. The van der Waals surface area contributed by atoms with E-state index in [4.69, 9.17) is 18.9 Å². The van der Waals surface area contributed by atoms with Gasteiger partial charge in [0.15, 0.2) is 6.73 Å². The highest BCUT2D eigenvalue weighted by Crippen LogP contribution is 2.20. The van der Waals surface area contributed by atoms with Crippen LogP contribution in [0.15, 0.2) is 24.3 Å². The fourth-order valence-electron chi connectivity index (χ4n) is 4.92. The first-order chi connectivity index (χ1) is 24.5. The number of carbonyl (C=O) groups excluding carboxylic acids is 6. The summed E-state index contributed by atoms with van der Waals surface area (Å²) in [7, 11) is 0. The Morgan fingerprint density at radius 1 is 0.647 bits per heavy atom. The van der Waals surface area contributed by atoms with Crippen molar-refractivity contribution < 1.29 is 52.6 Å². The molecule has 4 N–H and O–H groups in total. The standard InChI is InChI=1S/C35H59N5O11/c1-27(2)31(42)47-24-25-49-35(46)38-21-14-9-8-13-20-37-34(45)48-23-18-29-16-11-15-22-40(29)33(44)36-19-12-7-5-6-10-17-30(41)50-26-39-51-32(43)28(3)4/h29,39H,1,3,5-26H2,2,4H3,(H,36,44)(H,37,45)(H,38,46). The minimum atomic E-state index is -0.614. The number of nitrogens with zero attached hydrogens (tertiary/aromatic N) is 1. The molecule has 290 valence electrons. The average Bonchev–Trinajstić information content (AvgIpc) is 3.10. The van der Waals surface area contributed by atoms with Crippen LogP contribution in [0.25, 0.3) is 0 Å². The van der Waals surface area contributed by atoms with Crippen LogP contribution in [0.3, 0.4) is 0 Å². The van der Waals surface area contributed by atoms with Crippen molar-refractivity contribution in [3.05, 3.63) is 24.3 Å². The molecule has 1 atom stereocenters. The molecular weight excluding hydrogens is 666 g/mol. The van der Waals surface area contributed by atoms with Gasteiger partial charge in [0, 0.05) is 56.2 Å². The zero-order valence-corrected chi connectivity index (χ0v) is 30.5. The maximum absolute atomic E-state index is 12.9. The Morgan fingerprint density at radius 3 is 1.82 bits per heavy atom. The van der Waals surface area contributed by atoms with Gasteiger partial charge in [-0.1, -0.05) is 45.3 Å². The van der Waals surface area contributed by atoms with Crippen LogP contribution in [0.2, 0.25) is 0 Å². The van der Waals surface area contributed by atoms with Crippen LogP contribution in [0, 0.1) is 0 Å². The number of ether oxygens (including phenoxy) is 4. The molecule has 16 nitrogen and oxygen atoms in total. The van der Waals surface area contributed by atoms with Gasteiger partial charge in [-0.15, -0.1) is 5.48 Å². The van der Waals surface area contributed by atoms with Gasteiger partial charge >= 0.3 is 36.1 Å². The summed E-state index contributed by atoms with van der Waals surface area (Å²) < 4.78 is 20.1. The van der Waals surface area contributed by atoms with Crippen LogP contribution >= 0.6 is 0 Å². The molecule has 4 amide bonds. The van der Waals surface area contributed by atoms with E-state index in [0.717, 1.165) is 70.6 Å². The van der Waals surface area contributed by atoms with Gasteiger partial charge in [-0.2, -0.15) is 0 Å². The van der Waals surface area contributed by atoms with Crippen molar-refractivity contribution in [1.29, 1.82) is 0 Å². The number of hydrogen-bond donors (Lipinski definition) is 4. The third kappa shape index (κ3) is 23.7. The van der Waals surface area contributed by atoms with Gasteiger partial charge in [0.05, 0.1) is 6.61 Å². The summed E-state index contributed by atoms with van der Waals surface area (Å²) in [5, 5.41) is 8.40. The zero-order chi connectivity index (χ0) is 37.7. The number of rotatable bonds is 26. The second-order valence-electron chi connectivity index (χ2n) is 12.3. The predicted octanol–water partition coefficient (Wildman–Crippen LogP) is 4.54. The van der Waals surface area contributed by atoms with Gasteiger partial charge in [-0.25, -0.2) is 24.0 Å². The minimum Gasteiger partial charge on any atom is -0.459 e. The summed E-state index contributed by atoms with van der Waals surface area (Å²) in [5.74, 6) is -1.52. The molecule has 1 saturated heterocycles. The molecule has 1 aliphatic rings. The van der Waals surface area contributed by atoms with Crippen LogP contribution in [-0.4, -0.2) is 99.8 Å². The van der Waals surface area contributed by atoms with Gasteiger partial charge < -0.3 is 44.6 Å². The van der Waals surface area contributed by atoms with Crippen molar-refractivity contribution >= 4 is 36.1 Å². The molecule has 1 rings (SSSR count). The normalized spacial score (nSPS) is 13.7. The number of hydrogen-bond acceptors (Lipinski definition) is 12. The van der Waals surface area contributed by atoms with Crippen molar-refractivity contribution in [2.75, 3.05) is 52.7 Å². The summed E-state index contributed by atoms with van der Waals surface area (Å²) >= 11 is 0. The van der Waals surface area contributed by atoms with Gasteiger partial charge in [-0.05, 0) is 58.8 Å². The number of amides is 4. The molecule has 0 aromatic carbocycles. The highest BCUT2D eigenvalue weighted by Gasteiger charge is 2.26. The monoisotopic (exact) mass is 725 g/mol. The number of alkyl carbamates (subject to hydrolysis) is 2. The van der Waals surface area contributed by atoms with Gasteiger partial charge in [0.25, 0.3) is 0 Å². The Balaban J connectivity index is 2.04. The molecule has 0 saturated carbocycles. The van der Waals surface area contributed by atoms with E-state index in [0.29, 0.717) is 39.0 Å². The third-order valence-electron chi connectivity index (χ3n) is 7.75. The lowest BCUT2D eigenvalue weighted by molar-refractivity contribution is -0.159. The summed E-state index contributed by atoms with van der Waals surface area (Å²) in [4.78, 5) is 77.3. The molecule has 1 aliphatic heterocycles. The maximum Gasteiger partial charge on any atom is 0.407 e. The Bertz CT molecular complexity index is 1120. The second-order valence-corrected chi connectivity index (χ2v) is 12.3. The Kier molecular flexibility index (Phi) is 24.9. The van der Waals surface area contributed by atoms with Crippen molar-refractivity contribution in [3.8, 4) is 0 Å². The Hall–Kier alpha value is -4.34. The van der Waals surface area contributed by atoms with Crippen LogP contribution in [0.5, 0.6) is 0 Å². The van der Waals surface area contributed by atoms with E-state index < -0.39 is 24.1 Å². The first-order valence-electron chi connectivity index (χ1n) is 17.9. The predicted molar refractivity (Wildman–Crippen MR) is 188 cm³/mol. The topological polar surface area (TPSA) is 200 Å². The van der Waals surface area contributed by atoms with Crippen molar-refractivity contribution in [3.63, 3.8) is 0 Å². The highest BCUT2D eigenvalue weighted by atomic mass is 16.7. The zero-order valence-electron chi connectivity index (χ0n) is 30.5. The molecule has 1 unspecified atom stereocenters. The highest BCUT2D eigenvalue weighted by molar-refractivity contribution is 5.87. The summed E-state index contributed by atoms with van der Waals surface area (Å²) in [6, 6.07) is -0.0762. The fraction of sp³-hybridized carbons (Fsp3) is 0.714. The SMILES string of the molecule is C=C(C)C(=O)OCCOC(=O)NCCCCCCNC(=O)OCCC1CCCCN1C(=O)NCCCCCCCC(=O)OCNOC(=O)C(=C)C. The molecule has 16 heteroatoms. The fourth-order valence-corrected chi connectivity index (χ4v) is 4.92. The van der Waals surface area contributed by atoms with E-state index in [1.165, 1.54) is 13.8 Å². The molecular formula is C35H59N5O11. The van der Waals surface area contributed by atoms with E-state index >= 15 is 0 Å². The molecule has 1 fully saturated rings. The molecule has 51 heavy (non-hydrogen) atoms. The van der Waals surface area contributed by atoms with Gasteiger partial charge in [0.2, 0.25) is 0 Å². The molecule has 0 spiro atoms. The van der Waals surface area contributed by atoms with Crippen LogP contribution in [0.4, 0.5) is 14.4 Å². The number of carbonyl (C=O) groups is 6. The first kappa shape index (κ1) is 44.7. The lowest BCUT2D eigenvalue weighted by Gasteiger charge is -2.35. The first-order valence-corrected chi connectivity index (χ1v) is 17.9. The molecule has 0 aromatic heterocycles.